The first-order valence-corrected chi connectivity index (χ1v) is 11.5. The fourth-order valence-electron chi connectivity index (χ4n) is 4.82. The number of benzene rings is 1. The molecule has 2 N–H and O–H groups in total. The van der Waals surface area contributed by atoms with Crippen molar-refractivity contribution in [2.24, 2.45) is 0 Å². The van der Waals surface area contributed by atoms with E-state index in [4.69, 9.17) is 18.9 Å². The molecule has 0 radical (unpaired) electrons. The summed E-state index contributed by atoms with van der Waals surface area (Å²) in [5.41, 5.74) is 0.476. The van der Waals surface area contributed by atoms with Gasteiger partial charge in [-0.3, -0.25) is 9.59 Å². The topological polar surface area (TPSA) is 107 Å². The van der Waals surface area contributed by atoms with E-state index in [1.54, 1.807) is 23.1 Å². The van der Waals surface area contributed by atoms with Crippen LogP contribution in [0.3, 0.4) is 0 Å². The van der Waals surface area contributed by atoms with Crippen LogP contribution < -0.4 is 14.8 Å². The maximum atomic E-state index is 13.4. The zero-order chi connectivity index (χ0) is 22.1. The Bertz CT molecular complexity index is 859. The van der Waals surface area contributed by atoms with E-state index < -0.39 is 6.10 Å². The number of aliphatic hydroxyl groups excluding tert-OH is 1. The maximum Gasteiger partial charge on any atom is 0.254 e. The van der Waals surface area contributed by atoms with E-state index in [1.807, 2.05) is 0 Å². The molecule has 2 saturated heterocycles. The van der Waals surface area contributed by atoms with Crippen LogP contribution in [-0.2, 0) is 14.3 Å². The molecule has 1 aromatic carbocycles. The van der Waals surface area contributed by atoms with E-state index in [0.29, 0.717) is 42.4 Å². The quantitative estimate of drug-likeness (QED) is 0.716. The van der Waals surface area contributed by atoms with Crippen LogP contribution in [0.1, 0.15) is 48.9 Å². The van der Waals surface area contributed by atoms with Gasteiger partial charge in [0.25, 0.3) is 5.91 Å². The van der Waals surface area contributed by atoms with Crippen LogP contribution in [0.25, 0.3) is 0 Å². The molecule has 174 valence electrons. The van der Waals surface area contributed by atoms with Crippen molar-refractivity contribution < 1.29 is 33.6 Å². The molecule has 1 aromatic rings. The summed E-state index contributed by atoms with van der Waals surface area (Å²) in [6, 6.07) is 5.18. The van der Waals surface area contributed by atoms with Crippen molar-refractivity contribution in [2.45, 2.75) is 68.9 Å². The van der Waals surface area contributed by atoms with Crippen LogP contribution in [0.5, 0.6) is 11.5 Å². The Kier molecular flexibility index (Phi) is 6.21. The number of carbonyl (C=O) groups is 2. The summed E-state index contributed by atoms with van der Waals surface area (Å²) in [7, 11) is 0. The first-order valence-electron chi connectivity index (χ1n) is 11.5. The number of aliphatic hydroxyl groups is 1. The number of fused-ring (bicyclic) bond motifs is 2. The lowest BCUT2D eigenvalue weighted by molar-refractivity contribution is -0.151. The Morgan fingerprint density at radius 3 is 2.75 bits per heavy atom. The van der Waals surface area contributed by atoms with E-state index in [-0.39, 0.29) is 56.6 Å². The van der Waals surface area contributed by atoms with E-state index in [2.05, 4.69) is 5.32 Å². The zero-order valence-electron chi connectivity index (χ0n) is 18.0. The van der Waals surface area contributed by atoms with Crippen molar-refractivity contribution in [1.29, 1.82) is 0 Å². The second kappa shape index (κ2) is 9.25. The van der Waals surface area contributed by atoms with Crippen LogP contribution in [-0.4, -0.2) is 78.8 Å². The lowest BCUT2D eigenvalue weighted by atomic mass is 9.92. The Labute approximate surface area is 186 Å². The molecule has 3 fully saturated rings. The molecule has 0 unspecified atom stereocenters. The van der Waals surface area contributed by atoms with E-state index in [9.17, 15) is 14.7 Å². The third-order valence-corrected chi connectivity index (χ3v) is 6.74. The maximum absolute atomic E-state index is 13.4. The number of ether oxygens (including phenoxy) is 4. The van der Waals surface area contributed by atoms with Gasteiger partial charge in [-0.2, -0.15) is 0 Å². The van der Waals surface area contributed by atoms with E-state index in [1.165, 1.54) is 6.42 Å². The van der Waals surface area contributed by atoms with Crippen molar-refractivity contribution in [3.63, 3.8) is 0 Å². The number of amides is 2. The summed E-state index contributed by atoms with van der Waals surface area (Å²) >= 11 is 0. The second-order valence-corrected chi connectivity index (χ2v) is 9.06. The molecule has 2 amide bonds. The number of β-amino-alcohol motifs (C(OH)–C–C–N with tert-alkyl or cyclic N) is 1. The highest BCUT2D eigenvalue weighted by molar-refractivity contribution is 5.95. The number of rotatable bonds is 4. The minimum absolute atomic E-state index is 0.0219. The van der Waals surface area contributed by atoms with Crippen LogP contribution in [0.15, 0.2) is 18.2 Å². The van der Waals surface area contributed by atoms with Crippen molar-refractivity contribution in [2.75, 3.05) is 26.6 Å². The highest BCUT2D eigenvalue weighted by Crippen LogP contribution is 2.34. The molecular formula is C23H30N2O7. The molecular weight excluding hydrogens is 416 g/mol. The van der Waals surface area contributed by atoms with Crippen molar-refractivity contribution in [3.8, 4) is 11.5 Å². The molecule has 0 aromatic heterocycles. The molecule has 32 heavy (non-hydrogen) atoms. The average molecular weight is 447 g/mol. The van der Waals surface area contributed by atoms with E-state index in [0.717, 1.165) is 12.8 Å². The first-order chi connectivity index (χ1) is 15.6. The predicted molar refractivity (Wildman–Crippen MR) is 113 cm³/mol. The van der Waals surface area contributed by atoms with Crippen LogP contribution in [0, 0.1) is 0 Å². The van der Waals surface area contributed by atoms with Gasteiger partial charge < -0.3 is 34.3 Å². The highest BCUT2D eigenvalue weighted by Gasteiger charge is 2.40. The van der Waals surface area contributed by atoms with Crippen molar-refractivity contribution >= 4 is 11.8 Å². The Morgan fingerprint density at radius 1 is 1.09 bits per heavy atom. The molecule has 4 aliphatic rings. The smallest absolute Gasteiger partial charge is 0.254 e. The monoisotopic (exact) mass is 446 g/mol. The SMILES string of the molecule is O=C(C[C@H]1CC[C@H]2[C@@H](COC[C@@H](O)CN2C(=O)c2ccc3c(c2)OCO3)O1)NC1CCC1. The lowest BCUT2D eigenvalue weighted by Crippen LogP contribution is -2.57. The molecule has 3 aliphatic heterocycles. The van der Waals surface area contributed by atoms with Gasteiger partial charge in [-0.25, -0.2) is 0 Å². The van der Waals surface area contributed by atoms with Crippen molar-refractivity contribution in [1.82, 2.24) is 10.2 Å². The van der Waals surface area contributed by atoms with E-state index >= 15 is 0 Å². The summed E-state index contributed by atoms with van der Waals surface area (Å²) < 4.78 is 22.6. The van der Waals surface area contributed by atoms with Crippen LogP contribution in [0.4, 0.5) is 0 Å². The number of hydrogen-bond donors (Lipinski definition) is 2. The zero-order valence-corrected chi connectivity index (χ0v) is 18.0. The van der Waals surface area contributed by atoms with Gasteiger partial charge in [0.05, 0.1) is 37.9 Å². The van der Waals surface area contributed by atoms with Crippen LogP contribution in [0.2, 0.25) is 0 Å². The Hall–Kier alpha value is -2.36. The molecule has 0 spiro atoms. The molecule has 9 nitrogen and oxygen atoms in total. The van der Waals surface area contributed by atoms with Crippen LogP contribution >= 0.6 is 0 Å². The van der Waals surface area contributed by atoms with Gasteiger partial charge in [0.15, 0.2) is 11.5 Å². The van der Waals surface area contributed by atoms with Gasteiger partial charge in [-0.05, 0) is 50.3 Å². The van der Waals surface area contributed by atoms with Crippen molar-refractivity contribution in [3.05, 3.63) is 23.8 Å². The third-order valence-electron chi connectivity index (χ3n) is 6.74. The molecule has 9 heteroatoms. The van der Waals surface area contributed by atoms with Gasteiger partial charge >= 0.3 is 0 Å². The standard InChI is InChI=1S/C23H30N2O7/c26-16-10-25(23(28)14-4-7-19-20(8-14)31-13-30-19)18-6-5-17(32-21(18)12-29-11-16)9-22(27)24-15-2-1-3-15/h4,7-8,15-18,21,26H,1-3,5-6,9-13H2,(H,24,27)/t16-,17+,18-,21+/m0/s1. The normalized spacial score (nSPS) is 30.0. The molecule has 4 atom stereocenters. The summed E-state index contributed by atoms with van der Waals surface area (Å²) in [6.45, 7) is 0.698. The number of hydrogen-bond acceptors (Lipinski definition) is 7. The highest BCUT2D eigenvalue weighted by atomic mass is 16.7. The van der Waals surface area contributed by atoms with Gasteiger partial charge in [0.2, 0.25) is 12.7 Å². The summed E-state index contributed by atoms with van der Waals surface area (Å²) in [5.74, 6) is 0.989. The summed E-state index contributed by atoms with van der Waals surface area (Å²) in [6.07, 6.45) is 3.61. The summed E-state index contributed by atoms with van der Waals surface area (Å²) in [5, 5.41) is 13.4. The average Bonchev–Trinajstić information content (AvgIpc) is 3.21. The third kappa shape index (κ3) is 4.55. The number of nitrogens with zero attached hydrogens (tertiary/aromatic N) is 1. The Morgan fingerprint density at radius 2 is 1.94 bits per heavy atom. The second-order valence-electron chi connectivity index (χ2n) is 9.06. The van der Waals surface area contributed by atoms with Gasteiger partial charge in [-0.1, -0.05) is 0 Å². The minimum Gasteiger partial charge on any atom is -0.454 e. The lowest BCUT2D eigenvalue weighted by Gasteiger charge is -2.44. The molecule has 5 rings (SSSR count). The van der Waals surface area contributed by atoms with Gasteiger partial charge in [-0.15, -0.1) is 0 Å². The largest absolute Gasteiger partial charge is 0.454 e. The molecule has 0 bridgehead atoms. The number of nitrogens with one attached hydrogen (secondary N) is 1. The first kappa shape index (κ1) is 21.5. The molecule has 1 saturated carbocycles. The predicted octanol–water partition coefficient (Wildman–Crippen LogP) is 1.22. The summed E-state index contributed by atoms with van der Waals surface area (Å²) in [4.78, 5) is 27.5. The fourth-order valence-corrected chi connectivity index (χ4v) is 4.82. The number of carbonyl (C=O) groups excluding carboxylic acids is 2. The molecule has 1 aliphatic carbocycles. The molecule has 3 heterocycles. The van der Waals surface area contributed by atoms with Gasteiger partial charge in [0.1, 0.15) is 6.10 Å². The fraction of sp³-hybridized carbons (Fsp3) is 0.652. The Balaban J connectivity index is 1.28. The van der Waals surface area contributed by atoms with Gasteiger partial charge in [0, 0.05) is 18.2 Å². The minimum atomic E-state index is -0.778.